The minimum Gasteiger partial charge on any atom is -0.496 e. The lowest BCUT2D eigenvalue weighted by atomic mass is 10.1. The van der Waals surface area contributed by atoms with Gasteiger partial charge in [0.2, 0.25) is 0 Å². The average molecular weight is 499 g/mol. The standard InChI is InChI=1S/C21H24BrN3O2S.ClH/c1-27-19-10-7-16(13-18(19)22)20(26)24-21(28)23-17-8-5-15(6-9-17)14-25-11-3-2-4-12-25;/h5-10,13H,2-4,11-12,14H2,1H3,(H2,23,24,26,28);1H. The van der Waals surface area contributed by atoms with Crippen LogP contribution in [0, 0.1) is 0 Å². The van der Waals surface area contributed by atoms with Crippen LogP contribution in [0.15, 0.2) is 46.9 Å². The summed E-state index contributed by atoms with van der Waals surface area (Å²) in [6.07, 6.45) is 3.92. The SMILES string of the molecule is COc1ccc(C(=O)NC(=S)Nc2ccc(CN3CCCCC3)cc2)cc1Br.Cl. The van der Waals surface area contributed by atoms with Crippen molar-refractivity contribution in [2.45, 2.75) is 25.8 Å². The van der Waals surface area contributed by atoms with E-state index in [1.807, 2.05) is 12.1 Å². The Bertz CT molecular complexity index is 842. The Labute approximate surface area is 191 Å². The number of carbonyl (C=O) groups excluding carboxylic acids is 1. The number of hydrogen-bond acceptors (Lipinski definition) is 4. The van der Waals surface area contributed by atoms with Gasteiger partial charge in [0.05, 0.1) is 11.6 Å². The second-order valence-corrected chi connectivity index (χ2v) is 8.05. The summed E-state index contributed by atoms with van der Waals surface area (Å²) < 4.78 is 5.89. The van der Waals surface area contributed by atoms with Crippen LogP contribution in [0.3, 0.4) is 0 Å². The third kappa shape index (κ3) is 6.96. The van der Waals surface area contributed by atoms with E-state index in [-0.39, 0.29) is 23.4 Å². The van der Waals surface area contributed by atoms with Crippen LogP contribution < -0.4 is 15.4 Å². The molecule has 29 heavy (non-hydrogen) atoms. The molecule has 8 heteroatoms. The number of halogens is 2. The molecule has 0 unspecified atom stereocenters. The second-order valence-electron chi connectivity index (χ2n) is 6.79. The molecule has 0 saturated carbocycles. The highest BCUT2D eigenvalue weighted by molar-refractivity contribution is 9.10. The summed E-state index contributed by atoms with van der Waals surface area (Å²) in [5, 5.41) is 6.03. The molecule has 2 aromatic rings. The van der Waals surface area contributed by atoms with Crippen LogP contribution in [0.5, 0.6) is 5.75 Å². The van der Waals surface area contributed by atoms with E-state index in [9.17, 15) is 4.79 Å². The Morgan fingerprint density at radius 1 is 1.14 bits per heavy atom. The van der Waals surface area contributed by atoms with E-state index >= 15 is 0 Å². The molecule has 1 amide bonds. The lowest BCUT2D eigenvalue weighted by molar-refractivity contribution is 0.0977. The van der Waals surface area contributed by atoms with Crippen LogP contribution in [-0.2, 0) is 6.54 Å². The lowest BCUT2D eigenvalue weighted by Crippen LogP contribution is -2.34. The molecular weight excluding hydrogens is 474 g/mol. The summed E-state index contributed by atoms with van der Waals surface area (Å²) in [6, 6.07) is 13.3. The molecule has 2 N–H and O–H groups in total. The predicted molar refractivity (Wildman–Crippen MR) is 127 cm³/mol. The molecule has 2 aromatic carbocycles. The highest BCUT2D eigenvalue weighted by Gasteiger charge is 2.12. The Balaban J connectivity index is 0.00000300. The Kier molecular flexibility index (Phi) is 9.36. The van der Waals surface area contributed by atoms with E-state index in [1.165, 1.54) is 37.9 Å². The van der Waals surface area contributed by atoms with Crippen LogP contribution in [0.4, 0.5) is 5.69 Å². The molecule has 0 atom stereocenters. The van der Waals surface area contributed by atoms with Gasteiger partial charge in [0.15, 0.2) is 5.11 Å². The molecule has 5 nitrogen and oxygen atoms in total. The van der Waals surface area contributed by atoms with Crippen molar-refractivity contribution in [3.8, 4) is 5.75 Å². The van der Waals surface area contributed by atoms with E-state index in [2.05, 4.69) is 43.6 Å². The van der Waals surface area contributed by atoms with Crippen LogP contribution in [0.2, 0.25) is 0 Å². The summed E-state index contributed by atoms with van der Waals surface area (Å²) in [5.41, 5.74) is 2.63. The maximum absolute atomic E-state index is 12.4. The summed E-state index contributed by atoms with van der Waals surface area (Å²) in [5.74, 6) is 0.393. The largest absolute Gasteiger partial charge is 0.496 e. The first kappa shape index (κ1) is 23.6. The van der Waals surface area contributed by atoms with Gasteiger partial charge in [-0.1, -0.05) is 18.6 Å². The van der Waals surface area contributed by atoms with E-state index in [4.69, 9.17) is 17.0 Å². The number of nitrogens with one attached hydrogen (secondary N) is 2. The molecule has 0 spiro atoms. The van der Waals surface area contributed by atoms with E-state index in [0.717, 1.165) is 12.2 Å². The molecule has 1 heterocycles. The molecule has 0 bridgehead atoms. The maximum Gasteiger partial charge on any atom is 0.257 e. The first-order chi connectivity index (χ1) is 13.5. The fourth-order valence-corrected chi connectivity index (χ4v) is 3.97. The van der Waals surface area contributed by atoms with Gasteiger partial charge in [-0.3, -0.25) is 15.0 Å². The number of ether oxygens (including phenoxy) is 1. The van der Waals surface area contributed by atoms with Crippen molar-refractivity contribution in [1.82, 2.24) is 10.2 Å². The molecule has 156 valence electrons. The van der Waals surface area contributed by atoms with Crippen molar-refractivity contribution in [3.63, 3.8) is 0 Å². The van der Waals surface area contributed by atoms with Gasteiger partial charge in [0.1, 0.15) is 5.75 Å². The van der Waals surface area contributed by atoms with Crippen molar-refractivity contribution in [2.75, 3.05) is 25.5 Å². The van der Waals surface area contributed by atoms with Crippen molar-refractivity contribution < 1.29 is 9.53 Å². The quantitative estimate of drug-likeness (QED) is 0.569. The van der Waals surface area contributed by atoms with Gasteiger partial charge in [-0.2, -0.15) is 0 Å². The van der Waals surface area contributed by atoms with Gasteiger partial charge < -0.3 is 10.1 Å². The molecular formula is C21H25BrClN3O2S. The highest BCUT2D eigenvalue weighted by Crippen LogP contribution is 2.25. The molecule has 1 aliphatic heterocycles. The van der Waals surface area contributed by atoms with Gasteiger partial charge in [0.25, 0.3) is 5.91 Å². The van der Waals surface area contributed by atoms with E-state index in [1.54, 1.807) is 25.3 Å². The zero-order chi connectivity index (χ0) is 19.9. The Morgan fingerprint density at radius 3 is 2.45 bits per heavy atom. The van der Waals surface area contributed by atoms with Crippen LogP contribution in [0.1, 0.15) is 35.2 Å². The van der Waals surface area contributed by atoms with E-state index < -0.39 is 0 Å². The van der Waals surface area contributed by atoms with Crippen molar-refractivity contribution in [1.29, 1.82) is 0 Å². The molecule has 1 aliphatic rings. The van der Waals surface area contributed by atoms with Crippen molar-refractivity contribution in [3.05, 3.63) is 58.1 Å². The summed E-state index contributed by atoms with van der Waals surface area (Å²) >= 11 is 8.65. The Morgan fingerprint density at radius 2 is 1.83 bits per heavy atom. The van der Waals surface area contributed by atoms with Gasteiger partial charge in [0, 0.05) is 17.8 Å². The smallest absolute Gasteiger partial charge is 0.257 e. The fraction of sp³-hybridized carbons (Fsp3) is 0.333. The van der Waals surface area contributed by atoms with Gasteiger partial charge in [-0.05, 0) is 90.0 Å². The number of nitrogens with zero attached hydrogens (tertiary/aromatic N) is 1. The summed E-state index contributed by atoms with van der Waals surface area (Å²) in [7, 11) is 1.58. The third-order valence-electron chi connectivity index (χ3n) is 4.71. The van der Waals surface area contributed by atoms with Crippen LogP contribution in [0.25, 0.3) is 0 Å². The Hall–Kier alpha value is -1.67. The number of likely N-dealkylation sites (tertiary alicyclic amines) is 1. The second kappa shape index (κ2) is 11.5. The van der Waals surface area contributed by atoms with Gasteiger partial charge in [-0.25, -0.2) is 0 Å². The molecule has 3 rings (SSSR count). The van der Waals surface area contributed by atoms with Crippen LogP contribution >= 0.6 is 40.6 Å². The number of carbonyl (C=O) groups is 1. The molecule has 0 radical (unpaired) electrons. The minimum atomic E-state index is -0.275. The number of piperidine rings is 1. The van der Waals surface area contributed by atoms with Crippen molar-refractivity contribution >= 4 is 57.3 Å². The third-order valence-corrected chi connectivity index (χ3v) is 5.53. The minimum absolute atomic E-state index is 0. The summed E-state index contributed by atoms with van der Waals surface area (Å²) in [6.45, 7) is 3.34. The zero-order valence-corrected chi connectivity index (χ0v) is 19.5. The molecule has 1 saturated heterocycles. The molecule has 0 aromatic heterocycles. The normalized spacial score (nSPS) is 13.9. The highest BCUT2D eigenvalue weighted by atomic mass is 79.9. The molecule has 0 aliphatic carbocycles. The number of hydrogen-bond donors (Lipinski definition) is 2. The number of rotatable bonds is 5. The number of thiocarbonyl (C=S) groups is 1. The van der Waals surface area contributed by atoms with E-state index in [0.29, 0.717) is 15.8 Å². The predicted octanol–water partition coefficient (Wildman–Crippen LogP) is 4.99. The van der Waals surface area contributed by atoms with Gasteiger partial charge >= 0.3 is 0 Å². The first-order valence-electron chi connectivity index (χ1n) is 9.32. The molecule has 1 fully saturated rings. The topological polar surface area (TPSA) is 53.6 Å². The number of amides is 1. The fourth-order valence-electron chi connectivity index (χ4n) is 3.21. The van der Waals surface area contributed by atoms with Crippen molar-refractivity contribution in [2.24, 2.45) is 0 Å². The van der Waals surface area contributed by atoms with Gasteiger partial charge in [-0.15, -0.1) is 12.4 Å². The average Bonchev–Trinajstić information content (AvgIpc) is 2.70. The number of anilines is 1. The lowest BCUT2D eigenvalue weighted by Gasteiger charge is -2.26. The number of benzene rings is 2. The number of methoxy groups -OCH3 is 1. The summed E-state index contributed by atoms with van der Waals surface area (Å²) in [4.78, 5) is 14.9. The first-order valence-corrected chi connectivity index (χ1v) is 10.5. The monoisotopic (exact) mass is 497 g/mol. The van der Waals surface area contributed by atoms with Crippen LogP contribution in [-0.4, -0.2) is 36.1 Å². The maximum atomic E-state index is 12.4. The zero-order valence-electron chi connectivity index (χ0n) is 16.2.